The fourth-order valence-electron chi connectivity index (χ4n) is 5.00. The van der Waals surface area contributed by atoms with Gasteiger partial charge in [-0.1, -0.05) is 84.3 Å². The van der Waals surface area contributed by atoms with E-state index in [0.29, 0.717) is 0 Å². The second-order valence-electron chi connectivity index (χ2n) is 9.39. The van der Waals surface area contributed by atoms with Crippen molar-refractivity contribution in [1.82, 2.24) is 0 Å². The van der Waals surface area contributed by atoms with Gasteiger partial charge in [0.25, 0.3) is 0 Å². The van der Waals surface area contributed by atoms with E-state index in [1.54, 1.807) is 0 Å². The number of ether oxygens (including phenoxy) is 2. The van der Waals surface area contributed by atoms with E-state index in [2.05, 4.69) is 72.2 Å². The first kappa shape index (κ1) is 22.7. The molecule has 39 heavy (non-hydrogen) atoms. The van der Waals surface area contributed by atoms with E-state index < -0.39 is 0 Å². The second-order valence-corrected chi connectivity index (χ2v) is 9.39. The molecule has 0 amide bonds. The van der Waals surface area contributed by atoms with Gasteiger partial charge in [-0.15, -0.1) is 0 Å². The predicted octanol–water partition coefficient (Wildman–Crippen LogP) is 8.19. The zero-order chi connectivity index (χ0) is 26.0. The molecule has 0 aliphatic carbocycles. The molecule has 7 rings (SSSR count). The SMILES string of the molecule is C(#Cc1ccc2ccc3c(c2c1)-c1c(ccc2ccc(C#Cc4ccccc4)cc12)OCO3)c1ccccc1. The Bertz CT molecular complexity index is 1840. The van der Waals surface area contributed by atoms with Crippen molar-refractivity contribution in [3.8, 4) is 46.3 Å². The molecule has 1 aliphatic heterocycles. The first-order valence-corrected chi connectivity index (χ1v) is 12.9. The van der Waals surface area contributed by atoms with Crippen molar-refractivity contribution in [1.29, 1.82) is 0 Å². The summed E-state index contributed by atoms with van der Waals surface area (Å²) < 4.78 is 12.2. The van der Waals surface area contributed by atoms with E-state index >= 15 is 0 Å². The van der Waals surface area contributed by atoms with Crippen LogP contribution in [0.1, 0.15) is 22.3 Å². The Morgan fingerprint density at radius 3 is 1.28 bits per heavy atom. The lowest BCUT2D eigenvalue weighted by molar-refractivity contribution is 0.125. The van der Waals surface area contributed by atoms with E-state index in [9.17, 15) is 0 Å². The lowest BCUT2D eigenvalue weighted by Gasteiger charge is -2.14. The van der Waals surface area contributed by atoms with Crippen LogP contribution in [-0.2, 0) is 0 Å². The number of rotatable bonds is 0. The molecule has 2 nitrogen and oxygen atoms in total. The van der Waals surface area contributed by atoms with Gasteiger partial charge in [-0.05, 0) is 82.2 Å². The molecule has 0 saturated carbocycles. The zero-order valence-electron chi connectivity index (χ0n) is 21.1. The molecule has 0 radical (unpaired) electrons. The highest BCUT2D eigenvalue weighted by Crippen LogP contribution is 2.47. The van der Waals surface area contributed by atoms with Crippen LogP contribution in [0, 0.1) is 23.7 Å². The summed E-state index contributed by atoms with van der Waals surface area (Å²) in [4.78, 5) is 0. The minimum absolute atomic E-state index is 0.151. The molecule has 1 aliphatic rings. The van der Waals surface area contributed by atoms with Gasteiger partial charge in [0, 0.05) is 33.4 Å². The third-order valence-corrected chi connectivity index (χ3v) is 6.90. The number of benzene rings is 6. The molecule has 6 aromatic rings. The van der Waals surface area contributed by atoms with Gasteiger partial charge in [-0.2, -0.15) is 0 Å². The van der Waals surface area contributed by atoms with Gasteiger partial charge in [0.15, 0.2) is 0 Å². The molecule has 182 valence electrons. The molecule has 0 N–H and O–H groups in total. The number of hydrogen-bond donors (Lipinski definition) is 0. The molecule has 1 heterocycles. The Balaban J connectivity index is 1.43. The predicted molar refractivity (Wildman–Crippen MR) is 158 cm³/mol. The number of hydrogen-bond acceptors (Lipinski definition) is 2. The van der Waals surface area contributed by atoms with Crippen molar-refractivity contribution < 1.29 is 9.47 Å². The van der Waals surface area contributed by atoms with Crippen molar-refractivity contribution in [2.75, 3.05) is 6.79 Å². The fourth-order valence-corrected chi connectivity index (χ4v) is 5.00. The summed E-state index contributed by atoms with van der Waals surface area (Å²) in [7, 11) is 0. The Morgan fingerprint density at radius 1 is 0.410 bits per heavy atom. The lowest BCUT2D eigenvalue weighted by atomic mass is 9.91. The van der Waals surface area contributed by atoms with Crippen molar-refractivity contribution >= 4 is 21.5 Å². The Morgan fingerprint density at radius 2 is 0.821 bits per heavy atom. The molecule has 0 bridgehead atoms. The van der Waals surface area contributed by atoms with E-state index in [4.69, 9.17) is 9.47 Å². The zero-order valence-corrected chi connectivity index (χ0v) is 21.1. The second kappa shape index (κ2) is 9.79. The van der Waals surface area contributed by atoms with Gasteiger partial charge in [0.2, 0.25) is 6.79 Å². The summed E-state index contributed by atoms with van der Waals surface area (Å²) in [5.74, 6) is 14.8. The van der Waals surface area contributed by atoms with Gasteiger partial charge in [-0.3, -0.25) is 0 Å². The minimum atomic E-state index is 0.151. The summed E-state index contributed by atoms with van der Waals surface area (Å²) in [6.07, 6.45) is 0. The first-order chi connectivity index (χ1) is 19.3. The molecule has 2 heteroatoms. The number of fused-ring (bicyclic) bond motifs is 7. The van der Waals surface area contributed by atoms with Gasteiger partial charge in [0.05, 0.1) is 0 Å². The molecule has 6 aromatic carbocycles. The highest BCUT2D eigenvalue weighted by atomic mass is 16.7. The van der Waals surface area contributed by atoms with Crippen LogP contribution in [0.4, 0.5) is 0 Å². The maximum Gasteiger partial charge on any atom is 0.230 e. The Hall–Kier alpha value is -5.44. The van der Waals surface area contributed by atoms with Gasteiger partial charge >= 0.3 is 0 Å². The smallest absolute Gasteiger partial charge is 0.230 e. The molecule has 0 spiro atoms. The molecule has 0 fully saturated rings. The van der Waals surface area contributed by atoms with E-state index in [0.717, 1.165) is 66.4 Å². The van der Waals surface area contributed by atoms with Crippen LogP contribution in [0.15, 0.2) is 121 Å². The molecular formula is C37H22O2. The monoisotopic (exact) mass is 498 g/mol. The van der Waals surface area contributed by atoms with Crippen LogP contribution in [0.2, 0.25) is 0 Å². The summed E-state index contributed by atoms with van der Waals surface area (Å²) in [5.41, 5.74) is 5.90. The summed E-state index contributed by atoms with van der Waals surface area (Å²) in [6.45, 7) is 0.151. The van der Waals surface area contributed by atoms with Crippen LogP contribution in [-0.4, -0.2) is 6.79 Å². The topological polar surface area (TPSA) is 18.5 Å². The highest BCUT2D eigenvalue weighted by Gasteiger charge is 2.22. The quantitative estimate of drug-likeness (QED) is 0.197. The van der Waals surface area contributed by atoms with E-state index in [-0.39, 0.29) is 6.79 Å². The average Bonchev–Trinajstić information content (AvgIpc) is 3.20. The molecule has 0 aromatic heterocycles. The van der Waals surface area contributed by atoms with Gasteiger partial charge in [-0.25, -0.2) is 0 Å². The van der Waals surface area contributed by atoms with E-state index in [1.165, 1.54) is 0 Å². The Kier molecular flexibility index (Phi) is 5.71. The third kappa shape index (κ3) is 4.46. The Labute approximate surface area is 227 Å². The minimum Gasteiger partial charge on any atom is -0.457 e. The van der Waals surface area contributed by atoms with E-state index in [1.807, 2.05) is 72.8 Å². The van der Waals surface area contributed by atoms with Crippen LogP contribution >= 0.6 is 0 Å². The van der Waals surface area contributed by atoms with Crippen LogP contribution in [0.3, 0.4) is 0 Å². The average molecular weight is 499 g/mol. The van der Waals surface area contributed by atoms with Crippen molar-refractivity contribution in [3.05, 3.63) is 144 Å². The van der Waals surface area contributed by atoms with Gasteiger partial charge in [0.1, 0.15) is 11.5 Å². The highest BCUT2D eigenvalue weighted by molar-refractivity contribution is 6.10. The van der Waals surface area contributed by atoms with Crippen molar-refractivity contribution in [3.63, 3.8) is 0 Å². The summed E-state index contributed by atoms with van der Waals surface area (Å²) >= 11 is 0. The molecule has 0 atom stereocenters. The van der Waals surface area contributed by atoms with Crippen LogP contribution in [0.5, 0.6) is 11.5 Å². The summed E-state index contributed by atoms with van der Waals surface area (Å²) in [6, 6.07) is 41.0. The normalized spacial score (nSPS) is 11.5. The first-order valence-electron chi connectivity index (χ1n) is 12.9. The van der Waals surface area contributed by atoms with Gasteiger partial charge < -0.3 is 9.47 Å². The molecule has 0 saturated heterocycles. The molecular weight excluding hydrogens is 476 g/mol. The summed E-state index contributed by atoms with van der Waals surface area (Å²) in [5, 5.41) is 4.39. The maximum atomic E-state index is 6.11. The third-order valence-electron chi connectivity index (χ3n) is 6.90. The van der Waals surface area contributed by atoms with Crippen LogP contribution < -0.4 is 9.47 Å². The molecule has 0 unspecified atom stereocenters. The standard InChI is InChI=1S/C37H22O2/c1-3-7-26(8-4-1)11-13-28-15-17-30-19-21-34-36(32(30)23-28)37-33-24-29(14-12-27-9-5-2-6-10-27)16-18-31(33)20-22-35(37)39-25-38-34/h1-10,15-24H,25H2. The van der Waals surface area contributed by atoms with Crippen molar-refractivity contribution in [2.24, 2.45) is 0 Å². The fraction of sp³-hybridized carbons (Fsp3) is 0.0270. The maximum absolute atomic E-state index is 6.11. The van der Waals surface area contributed by atoms with Crippen molar-refractivity contribution in [2.45, 2.75) is 0 Å². The van der Waals surface area contributed by atoms with Crippen LogP contribution in [0.25, 0.3) is 32.7 Å². The lowest BCUT2D eigenvalue weighted by Crippen LogP contribution is -2.03. The largest absolute Gasteiger partial charge is 0.457 e.